The average molecular weight is 252 g/mol. The molecule has 1 heterocycles. The molecule has 0 spiro atoms. The predicted octanol–water partition coefficient (Wildman–Crippen LogP) is 2.10. The summed E-state index contributed by atoms with van der Waals surface area (Å²) in [4.78, 5) is 16.1. The molecule has 5 nitrogen and oxygen atoms in total. The molecule has 94 valence electrons. The van der Waals surface area contributed by atoms with Gasteiger partial charge in [-0.2, -0.15) is 5.26 Å². The molecule has 0 fully saturated rings. The number of amides is 1. The van der Waals surface area contributed by atoms with Crippen molar-refractivity contribution in [2.45, 2.75) is 6.92 Å². The zero-order valence-electron chi connectivity index (χ0n) is 10.3. The molecule has 0 aliphatic rings. The van der Waals surface area contributed by atoms with Gasteiger partial charge in [0.1, 0.15) is 0 Å². The molecule has 0 radical (unpaired) electrons. The van der Waals surface area contributed by atoms with Gasteiger partial charge in [0.2, 0.25) is 0 Å². The molecular formula is C14H12N4O. The van der Waals surface area contributed by atoms with Gasteiger partial charge in [-0.1, -0.05) is 6.07 Å². The Kier molecular flexibility index (Phi) is 3.44. The monoisotopic (exact) mass is 252 g/mol. The van der Waals surface area contributed by atoms with E-state index in [-0.39, 0.29) is 5.91 Å². The van der Waals surface area contributed by atoms with Crippen LogP contribution in [0.4, 0.5) is 11.4 Å². The van der Waals surface area contributed by atoms with E-state index in [0.29, 0.717) is 28.2 Å². The van der Waals surface area contributed by atoms with E-state index in [9.17, 15) is 4.79 Å². The van der Waals surface area contributed by atoms with Gasteiger partial charge in [0.05, 0.1) is 34.8 Å². The van der Waals surface area contributed by atoms with Crippen molar-refractivity contribution >= 4 is 17.3 Å². The van der Waals surface area contributed by atoms with E-state index in [1.165, 1.54) is 6.20 Å². The number of nitriles is 1. The second-order valence-electron chi connectivity index (χ2n) is 4.05. The van der Waals surface area contributed by atoms with E-state index in [4.69, 9.17) is 11.0 Å². The molecule has 1 amide bonds. The second-order valence-corrected chi connectivity index (χ2v) is 4.05. The molecular weight excluding hydrogens is 240 g/mol. The van der Waals surface area contributed by atoms with Crippen molar-refractivity contribution < 1.29 is 4.79 Å². The van der Waals surface area contributed by atoms with Crippen LogP contribution in [0.15, 0.2) is 36.5 Å². The van der Waals surface area contributed by atoms with Gasteiger partial charge in [0, 0.05) is 5.69 Å². The number of carbonyl (C=O) groups is 1. The molecule has 5 heteroatoms. The zero-order valence-corrected chi connectivity index (χ0v) is 10.3. The van der Waals surface area contributed by atoms with Crippen molar-refractivity contribution in [1.29, 1.82) is 5.26 Å². The molecule has 2 aromatic rings. The molecule has 0 bridgehead atoms. The standard InChI is InChI=1S/C14H12N4O/c1-9-13(6-11(16)8-17-9)14(19)18-12-4-2-3-10(5-12)7-15/h2-6,8H,16H2,1H3,(H,18,19). The van der Waals surface area contributed by atoms with Gasteiger partial charge >= 0.3 is 0 Å². The third-order valence-electron chi connectivity index (χ3n) is 2.60. The first-order valence-electron chi connectivity index (χ1n) is 5.64. The van der Waals surface area contributed by atoms with E-state index in [1.807, 2.05) is 6.07 Å². The third kappa shape index (κ3) is 2.87. The molecule has 0 saturated heterocycles. The fourth-order valence-electron chi connectivity index (χ4n) is 1.64. The fraction of sp³-hybridized carbons (Fsp3) is 0.0714. The van der Waals surface area contributed by atoms with Crippen LogP contribution in [0.25, 0.3) is 0 Å². The van der Waals surface area contributed by atoms with Crippen LogP contribution < -0.4 is 11.1 Å². The lowest BCUT2D eigenvalue weighted by Crippen LogP contribution is -2.14. The highest BCUT2D eigenvalue weighted by molar-refractivity contribution is 6.05. The molecule has 0 unspecified atom stereocenters. The number of nitrogens with one attached hydrogen (secondary N) is 1. The molecule has 0 saturated carbocycles. The number of aromatic nitrogens is 1. The molecule has 0 aliphatic carbocycles. The number of benzene rings is 1. The van der Waals surface area contributed by atoms with Crippen LogP contribution in [0.3, 0.4) is 0 Å². The zero-order chi connectivity index (χ0) is 13.8. The summed E-state index contributed by atoms with van der Waals surface area (Å²) in [5.41, 5.74) is 8.12. The number of pyridine rings is 1. The van der Waals surface area contributed by atoms with Gasteiger partial charge in [-0.05, 0) is 31.2 Å². The number of nitrogens with two attached hydrogens (primary N) is 1. The summed E-state index contributed by atoms with van der Waals surface area (Å²) >= 11 is 0. The summed E-state index contributed by atoms with van der Waals surface area (Å²) < 4.78 is 0. The van der Waals surface area contributed by atoms with Crippen molar-refractivity contribution in [3.63, 3.8) is 0 Å². The number of aryl methyl sites for hydroxylation is 1. The highest BCUT2D eigenvalue weighted by Crippen LogP contribution is 2.14. The summed E-state index contributed by atoms with van der Waals surface area (Å²) in [7, 11) is 0. The quantitative estimate of drug-likeness (QED) is 0.856. The maximum absolute atomic E-state index is 12.1. The first-order valence-corrected chi connectivity index (χ1v) is 5.64. The van der Waals surface area contributed by atoms with Crippen LogP contribution in [0, 0.1) is 18.3 Å². The largest absolute Gasteiger partial charge is 0.397 e. The lowest BCUT2D eigenvalue weighted by atomic mass is 10.1. The Hall–Kier alpha value is -2.87. The maximum atomic E-state index is 12.1. The van der Waals surface area contributed by atoms with Crippen LogP contribution in [0.2, 0.25) is 0 Å². The van der Waals surface area contributed by atoms with Crippen molar-refractivity contribution in [3.05, 3.63) is 53.3 Å². The van der Waals surface area contributed by atoms with Gasteiger partial charge in [-0.25, -0.2) is 0 Å². The highest BCUT2D eigenvalue weighted by Gasteiger charge is 2.11. The minimum atomic E-state index is -0.299. The van der Waals surface area contributed by atoms with Gasteiger partial charge in [0.15, 0.2) is 0 Å². The van der Waals surface area contributed by atoms with E-state index in [1.54, 1.807) is 37.3 Å². The Morgan fingerprint density at radius 1 is 1.42 bits per heavy atom. The Balaban J connectivity index is 2.26. The molecule has 0 aliphatic heterocycles. The summed E-state index contributed by atoms with van der Waals surface area (Å²) in [5.74, 6) is -0.299. The number of hydrogen-bond acceptors (Lipinski definition) is 4. The Bertz CT molecular complexity index is 673. The van der Waals surface area contributed by atoms with Gasteiger partial charge < -0.3 is 11.1 Å². The normalized spacial score (nSPS) is 9.68. The second kappa shape index (κ2) is 5.19. The number of anilines is 2. The van der Waals surface area contributed by atoms with Crippen LogP contribution in [-0.2, 0) is 0 Å². The number of carbonyl (C=O) groups excluding carboxylic acids is 1. The van der Waals surface area contributed by atoms with E-state index >= 15 is 0 Å². The molecule has 1 aromatic heterocycles. The maximum Gasteiger partial charge on any atom is 0.257 e. The molecule has 19 heavy (non-hydrogen) atoms. The lowest BCUT2D eigenvalue weighted by molar-refractivity contribution is 0.102. The first kappa shape index (κ1) is 12.6. The van der Waals surface area contributed by atoms with Crippen LogP contribution in [0.1, 0.15) is 21.6 Å². The average Bonchev–Trinajstić information content (AvgIpc) is 2.41. The summed E-state index contributed by atoms with van der Waals surface area (Å²) in [6.07, 6.45) is 1.50. The van der Waals surface area contributed by atoms with E-state index in [0.717, 1.165) is 0 Å². The van der Waals surface area contributed by atoms with Crippen molar-refractivity contribution in [1.82, 2.24) is 4.98 Å². The number of hydrogen-bond donors (Lipinski definition) is 2. The SMILES string of the molecule is Cc1ncc(N)cc1C(=O)Nc1cccc(C#N)c1. The van der Waals surface area contributed by atoms with E-state index in [2.05, 4.69) is 10.3 Å². The van der Waals surface area contributed by atoms with Crippen molar-refractivity contribution in [2.75, 3.05) is 11.1 Å². The highest BCUT2D eigenvalue weighted by atomic mass is 16.1. The van der Waals surface area contributed by atoms with Crippen LogP contribution in [-0.4, -0.2) is 10.9 Å². The summed E-state index contributed by atoms with van der Waals surface area (Å²) in [6, 6.07) is 10.3. The number of nitrogens with zero attached hydrogens (tertiary/aromatic N) is 2. The van der Waals surface area contributed by atoms with Crippen molar-refractivity contribution in [2.24, 2.45) is 0 Å². The Morgan fingerprint density at radius 3 is 2.95 bits per heavy atom. The third-order valence-corrected chi connectivity index (χ3v) is 2.60. The smallest absolute Gasteiger partial charge is 0.257 e. The van der Waals surface area contributed by atoms with Gasteiger partial charge in [0.25, 0.3) is 5.91 Å². The fourth-order valence-corrected chi connectivity index (χ4v) is 1.64. The summed E-state index contributed by atoms with van der Waals surface area (Å²) in [5, 5.41) is 11.5. The summed E-state index contributed by atoms with van der Waals surface area (Å²) in [6.45, 7) is 1.74. The minimum Gasteiger partial charge on any atom is -0.397 e. The van der Waals surface area contributed by atoms with Gasteiger partial charge in [-0.3, -0.25) is 9.78 Å². The van der Waals surface area contributed by atoms with Crippen LogP contribution in [0.5, 0.6) is 0 Å². The first-order chi connectivity index (χ1) is 9.10. The molecule has 0 atom stereocenters. The van der Waals surface area contributed by atoms with Gasteiger partial charge in [-0.15, -0.1) is 0 Å². The lowest BCUT2D eigenvalue weighted by Gasteiger charge is -2.08. The van der Waals surface area contributed by atoms with Crippen LogP contribution >= 0.6 is 0 Å². The Morgan fingerprint density at radius 2 is 2.21 bits per heavy atom. The number of rotatable bonds is 2. The van der Waals surface area contributed by atoms with Crippen molar-refractivity contribution in [3.8, 4) is 6.07 Å². The Labute approximate surface area is 110 Å². The topological polar surface area (TPSA) is 91.8 Å². The predicted molar refractivity (Wildman–Crippen MR) is 72.5 cm³/mol. The molecule has 2 rings (SSSR count). The van der Waals surface area contributed by atoms with E-state index < -0.39 is 0 Å². The number of nitrogen functional groups attached to an aromatic ring is 1. The molecule has 1 aromatic carbocycles. The minimum absolute atomic E-state index is 0.299. The molecule has 3 N–H and O–H groups in total.